The molecule has 112 valence electrons. The molecule has 0 spiro atoms. The minimum absolute atomic E-state index is 0.101. The van der Waals surface area contributed by atoms with E-state index in [4.69, 9.17) is 0 Å². The fraction of sp³-hybridized carbons (Fsp3) is 0.0556. The van der Waals surface area contributed by atoms with Crippen LogP contribution < -0.4 is 5.56 Å². The lowest BCUT2D eigenvalue weighted by Gasteiger charge is -2.21. The van der Waals surface area contributed by atoms with E-state index in [2.05, 4.69) is 39.2 Å². The van der Waals surface area contributed by atoms with Crippen molar-refractivity contribution in [3.05, 3.63) is 94.8 Å². The van der Waals surface area contributed by atoms with Crippen molar-refractivity contribution in [2.24, 2.45) is 0 Å². The van der Waals surface area contributed by atoms with E-state index in [-0.39, 0.29) is 11.6 Å². The minimum Gasteiger partial charge on any atom is -0.339 e. The lowest BCUT2D eigenvalue weighted by Crippen LogP contribution is -2.18. The average molecular weight is 302 g/mol. The third-order valence-electron chi connectivity index (χ3n) is 3.89. The second-order valence-corrected chi connectivity index (χ2v) is 5.28. The quantitative estimate of drug-likeness (QED) is 0.633. The number of fused-ring (bicyclic) bond motifs is 1. The number of benzene rings is 2. The summed E-state index contributed by atoms with van der Waals surface area (Å²) in [6, 6.07) is 20.1. The van der Waals surface area contributed by atoms with Gasteiger partial charge in [-0.25, -0.2) is 4.98 Å². The van der Waals surface area contributed by atoms with Crippen LogP contribution in [-0.4, -0.2) is 19.5 Å². The molecule has 0 saturated heterocycles. The van der Waals surface area contributed by atoms with Crippen molar-refractivity contribution in [1.29, 1.82) is 0 Å². The van der Waals surface area contributed by atoms with Crippen molar-refractivity contribution in [3.63, 3.8) is 0 Å². The molecule has 0 aliphatic heterocycles. The van der Waals surface area contributed by atoms with Crippen molar-refractivity contribution in [2.45, 2.75) is 6.04 Å². The van der Waals surface area contributed by atoms with Gasteiger partial charge in [-0.2, -0.15) is 4.98 Å². The molecule has 23 heavy (non-hydrogen) atoms. The molecule has 2 aromatic carbocycles. The van der Waals surface area contributed by atoms with Gasteiger partial charge in [-0.05, 0) is 11.1 Å². The maximum absolute atomic E-state index is 11.9. The van der Waals surface area contributed by atoms with Crippen LogP contribution in [-0.2, 0) is 0 Å². The molecule has 2 aromatic heterocycles. The van der Waals surface area contributed by atoms with Gasteiger partial charge in [-0.3, -0.25) is 4.79 Å². The van der Waals surface area contributed by atoms with Crippen LogP contribution in [0.25, 0.3) is 11.2 Å². The molecule has 0 unspecified atom stereocenters. The van der Waals surface area contributed by atoms with Gasteiger partial charge in [0.25, 0.3) is 5.56 Å². The largest absolute Gasteiger partial charge is 0.339 e. The van der Waals surface area contributed by atoms with Gasteiger partial charge >= 0.3 is 0 Å². The van der Waals surface area contributed by atoms with Gasteiger partial charge in [0.1, 0.15) is 6.33 Å². The first-order valence-corrected chi connectivity index (χ1v) is 7.35. The van der Waals surface area contributed by atoms with Crippen LogP contribution in [0.5, 0.6) is 0 Å². The summed E-state index contributed by atoms with van der Waals surface area (Å²) in [7, 11) is 0. The Labute approximate surface area is 132 Å². The Hall–Kier alpha value is -3.21. The maximum Gasteiger partial charge on any atom is 0.298 e. The van der Waals surface area contributed by atoms with Gasteiger partial charge < -0.3 is 9.55 Å². The van der Waals surface area contributed by atoms with E-state index in [1.54, 1.807) is 6.33 Å². The van der Waals surface area contributed by atoms with Crippen molar-refractivity contribution in [2.75, 3.05) is 0 Å². The first kappa shape index (κ1) is 13.5. The summed E-state index contributed by atoms with van der Waals surface area (Å²) in [6.07, 6.45) is 3.09. The molecular formula is C18H14N4O. The number of H-pyrrole nitrogens is 1. The van der Waals surface area contributed by atoms with Crippen molar-refractivity contribution in [3.8, 4) is 0 Å². The third-order valence-corrected chi connectivity index (χ3v) is 3.89. The van der Waals surface area contributed by atoms with Gasteiger partial charge in [-0.1, -0.05) is 60.7 Å². The SMILES string of the molecule is O=c1ncn(C(c2ccccc2)c2ccccc2)c2nc[nH]c12. The van der Waals surface area contributed by atoms with Crippen LogP contribution in [0.4, 0.5) is 0 Å². The fourth-order valence-corrected chi connectivity index (χ4v) is 2.85. The molecule has 0 atom stereocenters. The molecule has 5 nitrogen and oxygen atoms in total. The van der Waals surface area contributed by atoms with Crippen LogP contribution in [0.15, 0.2) is 78.1 Å². The van der Waals surface area contributed by atoms with Crippen LogP contribution in [0.2, 0.25) is 0 Å². The van der Waals surface area contributed by atoms with Gasteiger partial charge in [0.15, 0.2) is 11.2 Å². The Bertz CT molecular complexity index is 950. The van der Waals surface area contributed by atoms with Gasteiger partial charge in [0.2, 0.25) is 0 Å². The van der Waals surface area contributed by atoms with Crippen molar-refractivity contribution in [1.82, 2.24) is 19.5 Å². The summed E-state index contributed by atoms with van der Waals surface area (Å²) in [6.45, 7) is 0. The summed E-state index contributed by atoms with van der Waals surface area (Å²) in [4.78, 5) is 23.1. The first-order valence-electron chi connectivity index (χ1n) is 7.35. The van der Waals surface area contributed by atoms with E-state index in [0.717, 1.165) is 11.1 Å². The molecule has 5 heteroatoms. The van der Waals surface area contributed by atoms with Crippen LogP contribution in [0.1, 0.15) is 17.2 Å². The molecule has 0 radical (unpaired) electrons. The van der Waals surface area contributed by atoms with E-state index < -0.39 is 0 Å². The average Bonchev–Trinajstić information content (AvgIpc) is 3.10. The summed E-state index contributed by atoms with van der Waals surface area (Å²) >= 11 is 0. The zero-order valence-electron chi connectivity index (χ0n) is 12.3. The Morgan fingerprint density at radius 2 is 1.48 bits per heavy atom. The van der Waals surface area contributed by atoms with Gasteiger partial charge in [0.05, 0.1) is 12.4 Å². The number of hydrogen-bond donors (Lipinski definition) is 1. The Balaban J connectivity index is 2.00. The Morgan fingerprint density at radius 3 is 2.09 bits per heavy atom. The third kappa shape index (κ3) is 2.32. The van der Waals surface area contributed by atoms with Crippen LogP contribution in [0.3, 0.4) is 0 Å². The van der Waals surface area contributed by atoms with Crippen molar-refractivity contribution >= 4 is 11.2 Å². The first-order chi connectivity index (χ1) is 11.3. The van der Waals surface area contributed by atoms with E-state index >= 15 is 0 Å². The highest BCUT2D eigenvalue weighted by Crippen LogP contribution is 2.27. The van der Waals surface area contributed by atoms with E-state index in [1.165, 1.54) is 6.33 Å². The normalized spacial score (nSPS) is 11.2. The van der Waals surface area contributed by atoms with E-state index in [9.17, 15) is 4.79 Å². The monoisotopic (exact) mass is 302 g/mol. The zero-order valence-corrected chi connectivity index (χ0v) is 12.3. The molecule has 0 aliphatic carbocycles. The molecule has 0 saturated carbocycles. The molecule has 0 fully saturated rings. The molecule has 0 amide bonds. The number of imidazole rings is 1. The highest BCUT2D eigenvalue weighted by atomic mass is 16.1. The zero-order chi connectivity index (χ0) is 15.6. The topological polar surface area (TPSA) is 63.6 Å². The van der Waals surface area contributed by atoms with Gasteiger partial charge in [0, 0.05) is 0 Å². The summed E-state index contributed by atoms with van der Waals surface area (Å²) in [5.41, 5.74) is 2.93. The smallest absolute Gasteiger partial charge is 0.298 e. The standard InChI is InChI=1S/C18H14N4O/c23-18-15-17(20-11-19-15)22(12-21-18)16(13-7-3-1-4-8-13)14-9-5-2-6-10-14/h1-12,16H,(H,19,20). The summed E-state index contributed by atoms with van der Waals surface area (Å²) in [5.74, 6) is 0. The predicted molar refractivity (Wildman–Crippen MR) is 88.3 cm³/mol. The highest BCUT2D eigenvalue weighted by molar-refractivity contribution is 5.69. The summed E-state index contributed by atoms with van der Waals surface area (Å²) in [5, 5.41) is 0. The number of aromatic nitrogens is 4. The lowest BCUT2D eigenvalue weighted by molar-refractivity contribution is 0.677. The molecule has 1 N–H and O–H groups in total. The number of nitrogens with zero attached hydrogens (tertiary/aromatic N) is 3. The molecular weight excluding hydrogens is 288 g/mol. The summed E-state index contributed by atoms with van der Waals surface area (Å²) < 4.78 is 1.93. The predicted octanol–water partition coefficient (Wildman–Crippen LogP) is 2.76. The number of rotatable bonds is 3. The van der Waals surface area contributed by atoms with Crippen LogP contribution in [0, 0.1) is 0 Å². The fourth-order valence-electron chi connectivity index (χ4n) is 2.85. The second-order valence-electron chi connectivity index (χ2n) is 5.28. The highest BCUT2D eigenvalue weighted by Gasteiger charge is 2.19. The Kier molecular flexibility index (Phi) is 3.24. The molecule has 4 aromatic rings. The second kappa shape index (κ2) is 5.53. The molecule has 2 heterocycles. The van der Waals surface area contributed by atoms with E-state index in [0.29, 0.717) is 11.2 Å². The van der Waals surface area contributed by atoms with E-state index in [1.807, 2.05) is 41.0 Å². The van der Waals surface area contributed by atoms with Crippen LogP contribution >= 0.6 is 0 Å². The lowest BCUT2D eigenvalue weighted by atomic mass is 9.98. The number of nitrogens with one attached hydrogen (secondary N) is 1. The molecule has 4 rings (SSSR count). The molecule has 0 aliphatic rings. The van der Waals surface area contributed by atoms with Gasteiger partial charge in [-0.15, -0.1) is 0 Å². The molecule has 0 bridgehead atoms. The Morgan fingerprint density at radius 1 is 0.870 bits per heavy atom. The minimum atomic E-state index is -0.298. The maximum atomic E-state index is 11.9. The number of hydrogen-bond acceptors (Lipinski definition) is 3. The number of aromatic amines is 1. The van der Waals surface area contributed by atoms with Crippen molar-refractivity contribution < 1.29 is 0 Å².